The lowest BCUT2D eigenvalue weighted by Gasteiger charge is -2.13. The zero-order valence-electron chi connectivity index (χ0n) is 12.2. The first-order valence-corrected chi connectivity index (χ1v) is 6.90. The van der Waals surface area contributed by atoms with Gasteiger partial charge in [0.25, 0.3) is 0 Å². The summed E-state index contributed by atoms with van der Waals surface area (Å²) >= 11 is 0. The van der Waals surface area contributed by atoms with Crippen molar-refractivity contribution < 1.29 is 4.74 Å². The van der Waals surface area contributed by atoms with Crippen molar-refractivity contribution in [2.24, 2.45) is 5.73 Å². The second-order valence-corrected chi connectivity index (χ2v) is 5.35. The Morgan fingerprint density at radius 1 is 1.26 bits per heavy atom. The molecule has 0 bridgehead atoms. The highest BCUT2D eigenvalue weighted by molar-refractivity contribution is 5.78. The molecular formula is C15H23N3O. The number of imidazole rings is 1. The van der Waals surface area contributed by atoms with E-state index in [1.807, 2.05) is 26.0 Å². The van der Waals surface area contributed by atoms with Gasteiger partial charge in [0.15, 0.2) is 0 Å². The Bertz CT molecular complexity index is 558. The Kier molecular flexibility index (Phi) is 4.10. The summed E-state index contributed by atoms with van der Waals surface area (Å²) in [5, 5.41) is 0. The van der Waals surface area contributed by atoms with E-state index >= 15 is 0 Å². The second kappa shape index (κ2) is 5.61. The molecule has 0 fully saturated rings. The molecule has 0 aliphatic heterocycles. The predicted molar refractivity (Wildman–Crippen MR) is 78.6 cm³/mol. The van der Waals surface area contributed by atoms with Crippen LogP contribution < -0.4 is 10.5 Å². The molecule has 0 saturated carbocycles. The first-order chi connectivity index (χ1) is 9.02. The van der Waals surface area contributed by atoms with E-state index < -0.39 is 0 Å². The van der Waals surface area contributed by atoms with Crippen LogP contribution in [0.15, 0.2) is 18.2 Å². The zero-order valence-corrected chi connectivity index (χ0v) is 12.2. The van der Waals surface area contributed by atoms with Crippen LogP contribution in [0.25, 0.3) is 11.0 Å². The third-order valence-corrected chi connectivity index (χ3v) is 2.99. The number of ether oxygens (including phenoxy) is 1. The van der Waals surface area contributed by atoms with Crippen LogP contribution in [0, 0.1) is 0 Å². The quantitative estimate of drug-likeness (QED) is 0.900. The number of aromatic nitrogens is 2. The van der Waals surface area contributed by atoms with Gasteiger partial charge in [0.05, 0.1) is 17.1 Å². The van der Waals surface area contributed by atoms with Crippen LogP contribution in [0.5, 0.6) is 5.75 Å². The molecule has 0 saturated heterocycles. The van der Waals surface area contributed by atoms with Crippen LogP contribution in [-0.4, -0.2) is 22.2 Å². The Labute approximate surface area is 114 Å². The van der Waals surface area contributed by atoms with Gasteiger partial charge < -0.3 is 15.0 Å². The van der Waals surface area contributed by atoms with E-state index in [2.05, 4.69) is 24.5 Å². The molecule has 2 N–H and O–H groups in total. The largest absolute Gasteiger partial charge is 0.491 e. The normalized spacial score (nSPS) is 11.7. The van der Waals surface area contributed by atoms with Crippen molar-refractivity contribution in [3.8, 4) is 5.75 Å². The van der Waals surface area contributed by atoms with E-state index in [1.165, 1.54) is 0 Å². The average Bonchev–Trinajstić information content (AvgIpc) is 2.65. The number of nitrogens with zero attached hydrogens (tertiary/aromatic N) is 2. The Morgan fingerprint density at radius 3 is 2.58 bits per heavy atom. The standard InChI is InChI=1S/C15H23N3O/c1-10(2)18-14-6-5-12(19-11(3)4)9-13(14)17-15(18)7-8-16/h5-6,9-11H,7-8,16H2,1-4H3. The lowest BCUT2D eigenvalue weighted by Crippen LogP contribution is -2.11. The zero-order chi connectivity index (χ0) is 14.0. The molecule has 0 spiro atoms. The van der Waals surface area contributed by atoms with Crippen LogP contribution in [0.2, 0.25) is 0 Å². The van der Waals surface area contributed by atoms with Gasteiger partial charge in [-0.25, -0.2) is 4.98 Å². The molecule has 104 valence electrons. The molecule has 1 heterocycles. The van der Waals surface area contributed by atoms with Gasteiger partial charge >= 0.3 is 0 Å². The molecule has 19 heavy (non-hydrogen) atoms. The maximum Gasteiger partial charge on any atom is 0.121 e. The summed E-state index contributed by atoms with van der Waals surface area (Å²) in [7, 11) is 0. The summed E-state index contributed by atoms with van der Waals surface area (Å²) in [6, 6.07) is 6.48. The molecule has 4 nitrogen and oxygen atoms in total. The fourth-order valence-corrected chi connectivity index (χ4v) is 2.36. The van der Waals surface area contributed by atoms with Gasteiger partial charge in [0, 0.05) is 18.5 Å². The van der Waals surface area contributed by atoms with Crippen LogP contribution >= 0.6 is 0 Å². The topological polar surface area (TPSA) is 53.1 Å². The van der Waals surface area contributed by atoms with Gasteiger partial charge in [-0.05, 0) is 46.4 Å². The van der Waals surface area contributed by atoms with Gasteiger partial charge in [-0.15, -0.1) is 0 Å². The van der Waals surface area contributed by atoms with Crippen molar-refractivity contribution in [2.45, 2.75) is 46.3 Å². The summed E-state index contributed by atoms with van der Waals surface area (Å²) in [5.74, 6) is 1.92. The molecule has 0 aliphatic carbocycles. The third-order valence-electron chi connectivity index (χ3n) is 2.99. The van der Waals surface area contributed by atoms with Crippen molar-refractivity contribution in [2.75, 3.05) is 6.54 Å². The molecule has 0 radical (unpaired) electrons. The number of benzene rings is 1. The fraction of sp³-hybridized carbons (Fsp3) is 0.533. The molecule has 4 heteroatoms. The van der Waals surface area contributed by atoms with Crippen molar-refractivity contribution in [1.82, 2.24) is 9.55 Å². The highest BCUT2D eigenvalue weighted by Gasteiger charge is 2.13. The van der Waals surface area contributed by atoms with Crippen LogP contribution in [0.4, 0.5) is 0 Å². The Hall–Kier alpha value is -1.55. The summed E-state index contributed by atoms with van der Waals surface area (Å²) < 4.78 is 7.97. The van der Waals surface area contributed by atoms with Crippen LogP contribution in [0.1, 0.15) is 39.6 Å². The van der Waals surface area contributed by atoms with E-state index in [4.69, 9.17) is 15.5 Å². The predicted octanol–water partition coefficient (Wildman–Crippen LogP) is 2.91. The molecule has 0 atom stereocenters. The maximum absolute atomic E-state index is 5.72. The van der Waals surface area contributed by atoms with Gasteiger partial charge in [-0.2, -0.15) is 0 Å². The Balaban J connectivity index is 2.49. The lowest BCUT2D eigenvalue weighted by atomic mass is 10.2. The first kappa shape index (κ1) is 13.9. The fourth-order valence-electron chi connectivity index (χ4n) is 2.36. The SMILES string of the molecule is CC(C)Oc1ccc2c(c1)nc(CCN)n2C(C)C. The number of nitrogens with two attached hydrogens (primary N) is 1. The van der Waals surface area contributed by atoms with Gasteiger partial charge in [-0.1, -0.05) is 0 Å². The molecule has 2 rings (SSSR count). The van der Waals surface area contributed by atoms with Crippen molar-refractivity contribution in [3.63, 3.8) is 0 Å². The lowest BCUT2D eigenvalue weighted by molar-refractivity contribution is 0.242. The third kappa shape index (κ3) is 2.89. The van der Waals surface area contributed by atoms with E-state index in [9.17, 15) is 0 Å². The van der Waals surface area contributed by atoms with E-state index in [0.29, 0.717) is 12.6 Å². The molecule has 1 aromatic heterocycles. The van der Waals surface area contributed by atoms with E-state index in [-0.39, 0.29) is 6.10 Å². The highest BCUT2D eigenvalue weighted by atomic mass is 16.5. The maximum atomic E-state index is 5.72. The first-order valence-electron chi connectivity index (χ1n) is 6.90. The minimum atomic E-state index is 0.174. The monoisotopic (exact) mass is 261 g/mol. The summed E-state index contributed by atoms with van der Waals surface area (Å²) in [6.07, 6.45) is 0.973. The minimum Gasteiger partial charge on any atom is -0.491 e. The minimum absolute atomic E-state index is 0.174. The summed E-state index contributed by atoms with van der Waals surface area (Å²) in [5.41, 5.74) is 7.80. The average molecular weight is 261 g/mol. The van der Waals surface area contributed by atoms with Gasteiger partial charge in [-0.3, -0.25) is 0 Å². The highest BCUT2D eigenvalue weighted by Crippen LogP contribution is 2.25. The van der Waals surface area contributed by atoms with Crippen LogP contribution in [-0.2, 0) is 6.42 Å². The van der Waals surface area contributed by atoms with Crippen LogP contribution in [0.3, 0.4) is 0 Å². The smallest absolute Gasteiger partial charge is 0.121 e. The second-order valence-electron chi connectivity index (χ2n) is 5.35. The number of fused-ring (bicyclic) bond motifs is 1. The van der Waals surface area contributed by atoms with E-state index in [1.54, 1.807) is 0 Å². The molecule has 0 aliphatic rings. The number of hydrogen-bond acceptors (Lipinski definition) is 3. The van der Waals surface area contributed by atoms with Crippen molar-refractivity contribution in [1.29, 1.82) is 0 Å². The molecule has 1 aromatic carbocycles. The number of hydrogen-bond donors (Lipinski definition) is 1. The number of rotatable bonds is 5. The Morgan fingerprint density at radius 2 is 2.00 bits per heavy atom. The van der Waals surface area contributed by atoms with E-state index in [0.717, 1.165) is 29.0 Å². The molecule has 0 amide bonds. The van der Waals surface area contributed by atoms with Crippen molar-refractivity contribution in [3.05, 3.63) is 24.0 Å². The molecular weight excluding hydrogens is 238 g/mol. The summed E-state index contributed by atoms with van der Waals surface area (Å²) in [4.78, 5) is 4.69. The summed E-state index contributed by atoms with van der Waals surface area (Å²) in [6.45, 7) is 9.00. The molecule has 0 unspecified atom stereocenters. The van der Waals surface area contributed by atoms with Gasteiger partial charge in [0.1, 0.15) is 11.6 Å². The van der Waals surface area contributed by atoms with Gasteiger partial charge in [0.2, 0.25) is 0 Å². The van der Waals surface area contributed by atoms with Crippen molar-refractivity contribution >= 4 is 11.0 Å². The molecule has 2 aromatic rings.